The van der Waals surface area contributed by atoms with E-state index in [-0.39, 0.29) is 0 Å². The van der Waals surface area contributed by atoms with Gasteiger partial charge >= 0.3 is 0 Å². The van der Waals surface area contributed by atoms with Gasteiger partial charge in [-0.2, -0.15) is 0 Å². The second-order valence-electron chi connectivity index (χ2n) is 5.71. The summed E-state index contributed by atoms with van der Waals surface area (Å²) in [6, 6.07) is 2.68. The molecule has 0 amide bonds. The number of nitrogens with one attached hydrogen (secondary N) is 1. The summed E-state index contributed by atoms with van der Waals surface area (Å²) in [5.41, 5.74) is 1.24. The molecule has 0 radical (unpaired) electrons. The molecule has 18 heavy (non-hydrogen) atoms. The molecule has 1 aliphatic heterocycles. The molecule has 1 saturated heterocycles. The molecule has 1 N–H and O–H groups in total. The summed E-state index contributed by atoms with van der Waals surface area (Å²) in [7, 11) is 0. The Kier molecular flexibility index (Phi) is 4.84. The minimum atomic E-state index is 0.655. The lowest BCUT2D eigenvalue weighted by Crippen LogP contribution is -2.44. The molecule has 3 nitrogen and oxygen atoms in total. The van der Waals surface area contributed by atoms with Gasteiger partial charge in [0.15, 0.2) is 0 Å². The molecular weight excluding hydrogens is 224 g/mol. The van der Waals surface area contributed by atoms with Gasteiger partial charge in [-0.3, -0.25) is 4.90 Å². The zero-order valence-electron chi connectivity index (χ0n) is 11.9. The van der Waals surface area contributed by atoms with E-state index in [4.69, 9.17) is 4.42 Å². The van der Waals surface area contributed by atoms with Crippen LogP contribution in [0.5, 0.6) is 0 Å². The molecule has 102 valence electrons. The molecule has 0 aliphatic carbocycles. The van der Waals surface area contributed by atoms with Crippen LogP contribution in [0.25, 0.3) is 0 Å². The summed E-state index contributed by atoms with van der Waals surface area (Å²) in [6.45, 7) is 11.2. The molecule has 0 aromatic carbocycles. The fraction of sp³-hybridized carbons (Fsp3) is 0.733. The van der Waals surface area contributed by atoms with Crippen LogP contribution in [0.4, 0.5) is 0 Å². The van der Waals surface area contributed by atoms with Crippen LogP contribution in [0.3, 0.4) is 0 Å². The summed E-state index contributed by atoms with van der Waals surface area (Å²) in [5, 5.41) is 3.55. The van der Waals surface area contributed by atoms with Crippen LogP contribution in [0.1, 0.15) is 38.0 Å². The minimum Gasteiger partial charge on any atom is -0.468 e. The van der Waals surface area contributed by atoms with E-state index in [1.807, 2.05) is 6.07 Å². The monoisotopic (exact) mass is 250 g/mol. The number of furan rings is 1. The number of likely N-dealkylation sites (tertiary alicyclic amines) is 1. The first kappa shape index (κ1) is 13.6. The van der Waals surface area contributed by atoms with Crippen molar-refractivity contribution in [3.63, 3.8) is 0 Å². The second-order valence-corrected chi connectivity index (χ2v) is 5.71. The molecule has 1 atom stereocenters. The molecule has 0 spiro atoms. The maximum atomic E-state index is 5.46. The zero-order chi connectivity index (χ0) is 13.0. The van der Waals surface area contributed by atoms with Crippen molar-refractivity contribution >= 4 is 0 Å². The molecule has 1 fully saturated rings. The Balaban J connectivity index is 1.80. The van der Waals surface area contributed by atoms with Gasteiger partial charge in [-0.1, -0.05) is 13.8 Å². The largest absolute Gasteiger partial charge is 0.468 e. The fourth-order valence-corrected chi connectivity index (χ4v) is 2.78. The Morgan fingerprint density at radius 2 is 2.06 bits per heavy atom. The van der Waals surface area contributed by atoms with Crippen molar-refractivity contribution in [3.05, 3.63) is 23.7 Å². The highest BCUT2D eigenvalue weighted by Gasteiger charge is 2.24. The van der Waals surface area contributed by atoms with Gasteiger partial charge in [0, 0.05) is 12.6 Å². The van der Waals surface area contributed by atoms with Crippen LogP contribution in [0.15, 0.2) is 16.7 Å². The number of hydrogen-bond acceptors (Lipinski definition) is 3. The second kappa shape index (κ2) is 6.39. The third kappa shape index (κ3) is 3.36. The SMILES string of the molecule is Cc1ccoc1CNCC(C(C)C)N1CCCC1. The quantitative estimate of drug-likeness (QED) is 0.841. The van der Waals surface area contributed by atoms with Crippen molar-refractivity contribution in [1.29, 1.82) is 0 Å². The summed E-state index contributed by atoms with van der Waals surface area (Å²) in [5.74, 6) is 1.77. The first-order chi connectivity index (χ1) is 8.68. The average molecular weight is 250 g/mol. The van der Waals surface area contributed by atoms with Crippen molar-refractivity contribution in [3.8, 4) is 0 Å². The van der Waals surface area contributed by atoms with E-state index in [9.17, 15) is 0 Å². The first-order valence-corrected chi connectivity index (χ1v) is 7.16. The van der Waals surface area contributed by atoms with Crippen LogP contribution < -0.4 is 5.32 Å². The Bertz CT molecular complexity index is 353. The molecule has 1 aromatic rings. The van der Waals surface area contributed by atoms with Crippen molar-refractivity contribution < 1.29 is 4.42 Å². The number of rotatable bonds is 6. The number of aryl methyl sites for hydroxylation is 1. The van der Waals surface area contributed by atoms with Gasteiger partial charge in [-0.25, -0.2) is 0 Å². The van der Waals surface area contributed by atoms with E-state index in [0.29, 0.717) is 12.0 Å². The molecule has 2 rings (SSSR count). The van der Waals surface area contributed by atoms with Crippen molar-refractivity contribution in [2.75, 3.05) is 19.6 Å². The van der Waals surface area contributed by atoms with E-state index >= 15 is 0 Å². The maximum absolute atomic E-state index is 5.46. The van der Waals surface area contributed by atoms with Gasteiger partial charge in [0.05, 0.1) is 12.8 Å². The van der Waals surface area contributed by atoms with Crippen LogP contribution in [0, 0.1) is 12.8 Å². The van der Waals surface area contributed by atoms with Crippen LogP contribution >= 0.6 is 0 Å². The van der Waals surface area contributed by atoms with Gasteiger partial charge in [-0.05, 0) is 50.4 Å². The molecule has 3 heteroatoms. The Hall–Kier alpha value is -0.800. The predicted octanol–water partition coefficient (Wildman–Crippen LogP) is 2.80. The maximum Gasteiger partial charge on any atom is 0.120 e. The zero-order valence-corrected chi connectivity index (χ0v) is 11.9. The van der Waals surface area contributed by atoms with E-state index in [0.717, 1.165) is 18.8 Å². The molecule has 2 heterocycles. The summed E-state index contributed by atoms with van der Waals surface area (Å²) in [6.07, 6.45) is 4.49. The molecule has 1 unspecified atom stereocenters. The van der Waals surface area contributed by atoms with Crippen molar-refractivity contribution in [2.24, 2.45) is 5.92 Å². The Morgan fingerprint density at radius 3 is 2.61 bits per heavy atom. The van der Waals surface area contributed by atoms with Gasteiger partial charge in [-0.15, -0.1) is 0 Å². The molecule has 1 aromatic heterocycles. The highest BCUT2D eigenvalue weighted by atomic mass is 16.3. The third-order valence-corrected chi connectivity index (χ3v) is 3.99. The number of hydrogen-bond donors (Lipinski definition) is 1. The molecule has 0 saturated carbocycles. The van der Waals surface area contributed by atoms with E-state index in [1.165, 1.54) is 31.5 Å². The van der Waals surface area contributed by atoms with Gasteiger partial charge in [0.1, 0.15) is 5.76 Å². The Morgan fingerprint density at radius 1 is 1.33 bits per heavy atom. The van der Waals surface area contributed by atoms with Crippen LogP contribution in [0.2, 0.25) is 0 Å². The fourth-order valence-electron chi connectivity index (χ4n) is 2.78. The highest BCUT2D eigenvalue weighted by Crippen LogP contribution is 2.17. The summed E-state index contributed by atoms with van der Waals surface area (Å²) >= 11 is 0. The van der Waals surface area contributed by atoms with Crippen LogP contribution in [-0.4, -0.2) is 30.6 Å². The molecular formula is C15H26N2O. The van der Waals surface area contributed by atoms with Gasteiger partial charge in [0.25, 0.3) is 0 Å². The normalized spacial score (nSPS) is 18.7. The summed E-state index contributed by atoms with van der Waals surface area (Å²) < 4.78 is 5.46. The van der Waals surface area contributed by atoms with E-state index in [1.54, 1.807) is 6.26 Å². The smallest absolute Gasteiger partial charge is 0.120 e. The number of nitrogens with zero attached hydrogens (tertiary/aromatic N) is 1. The van der Waals surface area contributed by atoms with Gasteiger partial charge in [0.2, 0.25) is 0 Å². The van der Waals surface area contributed by atoms with E-state index < -0.39 is 0 Å². The molecule has 1 aliphatic rings. The lowest BCUT2D eigenvalue weighted by Gasteiger charge is -2.31. The Labute approximate surface area is 111 Å². The lowest BCUT2D eigenvalue weighted by atomic mass is 10.0. The van der Waals surface area contributed by atoms with Crippen molar-refractivity contribution in [1.82, 2.24) is 10.2 Å². The predicted molar refractivity (Wildman–Crippen MR) is 74.6 cm³/mol. The average Bonchev–Trinajstić information content (AvgIpc) is 2.96. The first-order valence-electron chi connectivity index (χ1n) is 7.16. The lowest BCUT2D eigenvalue weighted by molar-refractivity contribution is 0.185. The standard InChI is InChI=1S/C15H26N2O/c1-12(2)14(17-7-4-5-8-17)10-16-11-15-13(3)6-9-18-15/h6,9,12,14,16H,4-5,7-8,10-11H2,1-3H3. The van der Waals surface area contributed by atoms with Crippen molar-refractivity contribution in [2.45, 2.75) is 46.2 Å². The van der Waals surface area contributed by atoms with Gasteiger partial charge < -0.3 is 9.73 Å². The van der Waals surface area contributed by atoms with Crippen LogP contribution in [-0.2, 0) is 6.54 Å². The topological polar surface area (TPSA) is 28.4 Å². The van der Waals surface area contributed by atoms with E-state index in [2.05, 4.69) is 31.0 Å². The third-order valence-electron chi connectivity index (χ3n) is 3.99. The highest BCUT2D eigenvalue weighted by molar-refractivity contribution is 5.14. The summed E-state index contributed by atoms with van der Waals surface area (Å²) in [4.78, 5) is 2.63. The minimum absolute atomic E-state index is 0.655. The molecule has 0 bridgehead atoms.